The van der Waals surface area contributed by atoms with Crippen molar-refractivity contribution >= 4 is 21.6 Å². The highest BCUT2D eigenvalue weighted by Gasteiger charge is 2.11. The van der Waals surface area contributed by atoms with E-state index in [0.29, 0.717) is 12.2 Å². The first-order valence-electron chi connectivity index (χ1n) is 11.6. The van der Waals surface area contributed by atoms with Crippen LogP contribution in [0.25, 0.3) is 0 Å². The number of rotatable bonds is 9. The van der Waals surface area contributed by atoms with Crippen LogP contribution in [0.4, 0.5) is 0 Å². The number of benzene rings is 2. The van der Waals surface area contributed by atoms with Crippen LogP contribution in [0.1, 0.15) is 75.9 Å². The molecule has 0 aliphatic carbocycles. The fraction of sp³-hybridized carbons (Fsp3) is 0.481. The number of esters is 1. The molecule has 1 atom stereocenters. The first kappa shape index (κ1) is 32.9. The monoisotopic (exact) mass is 480 g/mol. The van der Waals surface area contributed by atoms with Gasteiger partial charge in [0.1, 0.15) is 12.4 Å². The number of ether oxygens (including phenoxy) is 2. The highest BCUT2D eigenvalue weighted by atomic mass is 32.2. The van der Waals surface area contributed by atoms with Gasteiger partial charge in [-0.15, -0.1) is 0 Å². The molecule has 0 aliphatic rings. The highest BCUT2D eigenvalue weighted by Crippen LogP contribution is 2.17. The van der Waals surface area contributed by atoms with Crippen molar-refractivity contribution < 1.29 is 22.7 Å². The van der Waals surface area contributed by atoms with Crippen molar-refractivity contribution in [1.29, 1.82) is 0 Å². The van der Waals surface area contributed by atoms with Gasteiger partial charge in [-0.05, 0) is 42.5 Å². The Morgan fingerprint density at radius 2 is 1.52 bits per heavy atom. The first-order valence-corrected chi connectivity index (χ1v) is 13.7. The van der Waals surface area contributed by atoms with Gasteiger partial charge in [0.2, 0.25) is 0 Å². The smallest absolute Gasteiger partial charge is 0.338 e. The molecule has 0 spiro atoms. The maximum atomic E-state index is 11.8. The molecular weight excluding hydrogens is 436 g/mol. The molecule has 0 saturated heterocycles. The van der Waals surface area contributed by atoms with E-state index in [9.17, 15) is 9.00 Å². The van der Waals surface area contributed by atoms with Gasteiger partial charge < -0.3 is 9.47 Å². The van der Waals surface area contributed by atoms with Gasteiger partial charge in [-0.3, -0.25) is 4.18 Å². The molecule has 188 valence electrons. The average Bonchev–Trinajstić information content (AvgIpc) is 2.83. The van der Waals surface area contributed by atoms with Crippen molar-refractivity contribution in [3.63, 3.8) is 0 Å². The van der Waals surface area contributed by atoms with Gasteiger partial charge in [0.05, 0.1) is 29.1 Å². The summed E-state index contributed by atoms with van der Waals surface area (Å²) in [5.74, 6) is 3.80. The molecule has 1 unspecified atom stereocenters. The lowest BCUT2D eigenvalue weighted by Gasteiger charge is -2.10. The molecule has 5 nitrogen and oxygen atoms in total. The Kier molecular flexibility index (Phi) is 20.2. The zero-order chi connectivity index (χ0) is 25.7. The highest BCUT2D eigenvalue weighted by molar-refractivity contribution is 7.95. The Bertz CT molecular complexity index is 843. The van der Waals surface area contributed by atoms with Crippen molar-refractivity contribution in [2.24, 2.45) is 0 Å². The van der Waals surface area contributed by atoms with Crippen LogP contribution in [0.15, 0.2) is 48.5 Å². The molecule has 0 fully saturated rings. The molecular formula is C27H44O5S. The molecule has 0 saturated carbocycles. The van der Waals surface area contributed by atoms with Crippen molar-refractivity contribution in [2.45, 2.75) is 67.4 Å². The van der Waals surface area contributed by atoms with Crippen LogP contribution in [0.3, 0.4) is 0 Å². The van der Waals surface area contributed by atoms with Crippen LogP contribution >= 0.6 is 0 Å². The van der Waals surface area contributed by atoms with E-state index in [1.165, 1.54) is 19.8 Å². The molecule has 2 aromatic rings. The second kappa shape index (κ2) is 20.3. The second-order valence-corrected chi connectivity index (χ2v) is 8.73. The van der Waals surface area contributed by atoms with Crippen molar-refractivity contribution in [3.8, 4) is 5.75 Å². The molecule has 0 aromatic heterocycles. The van der Waals surface area contributed by atoms with Crippen LogP contribution in [0.2, 0.25) is 0 Å². The third-order valence-electron chi connectivity index (χ3n) is 3.68. The van der Waals surface area contributed by atoms with Crippen LogP contribution in [-0.4, -0.2) is 36.0 Å². The quantitative estimate of drug-likeness (QED) is 0.226. The van der Waals surface area contributed by atoms with Gasteiger partial charge >= 0.3 is 5.97 Å². The maximum absolute atomic E-state index is 11.8. The maximum Gasteiger partial charge on any atom is 0.338 e. The topological polar surface area (TPSA) is 61.8 Å². The molecule has 2 aromatic carbocycles. The van der Waals surface area contributed by atoms with Gasteiger partial charge in [-0.1, -0.05) is 78.3 Å². The van der Waals surface area contributed by atoms with Gasteiger partial charge in [0.25, 0.3) is 0 Å². The van der Waals surface area contributed by atoms with E-state index in [2.05, 4.69) is 19.7 Å². The van der Waals surface area contributed by atoms with Crippen LogP contribution in [0, 0.1) is 0 Å². The molecule has 33 heavy (non-hydrogen) atoms. The summed E-state index contributed by atoms with van der Waals surface area (Å²) < 4.78 is 27.1. The van der Waals surface area contributed by atoms with Crippen LogP contribution in [0.5, 0.6) is 5.75 Å². The van der Waals surface area contributed by atoms with Crippen LogP contribution in [-0.2, 0) is 31.8 Å². The molecule has 0 heterocycles. The first-order chi connectivity index (χ1) is 15.8. The molecule has 0 bridgehead atoms. The van der Waals surface area contributed by atoms with E-state index < -0.39 is 9.80 Å². The van der Waals surface area contributed by atoms with Gasteiger partial charge in [-0.2, -0.15) is 0 Å². The number of hydrogen-bond acceptors (Lipinski definition) is 5. The summed E-state index contributed by atoms with van der Waals surface area (Å²) in [7, 11) is -1.02. The van der Waals surface area contributed by atoms with Crippen molar-refractivity contribution in [2.75, 3.05) is 20.0 Å². The number of carbonyl (C=O) groups excluding carboxylic acids is 1. The Hall–Kier alpha value is -2.31. The lowest BCUT2D eigenvalue weighted by atomic mass is 10.1. The van der Waals surface area contributed by atoms with Crippen molar-refractivity contribution in [3.05, 3.63) is 65.2 Å². The van der Waals surface area contributed by atoms with Gasteiger partial charge in [0.15, 0.2) is 0 Å². The molecule has 0 radical (unpaired) electrons. The molecule has 6 heteroatoms. The Morgan fingerprint density at radius 1 is 0.970 bits per heavy atom. The van der Waals surface area contributed by atoms with Crippen molar-refractivity contribution in [1.82, 2.24) is 0 Å². The summed E-state index contributed by atoms with van der Waals surface area (Å²) in [5, 5.41) is 0. The largest absolute Gasteiger partial charge is 0.489 e. The van der Waals surface area contributed by atoms with E-state index in [0.717, 1.165) is 29.7 Å². The van der Waals surface area contributed by atoms with Crippen LogP contribution < -0.4 is 4.74 Å². The molecule has 0 N–H and O–H groups in total. The number of aryl methyl sites for hydroxylation is 1. The standard InChI is InChI=1S/C20H24O5S.C3H8.2C2H6/c1-23-20(21)19-9-5-4-8-17(19)15-24-18-12-10-16(11-13-18)7-6-14-25-26(2,3)22;1-3-2;2*1-2/h4-5,8-13H,2,6-7,14-15H2,1,3H3;3H2,1-2H3;2*1-2H3. The lowest BCUT2D eigenvalue weighted by Crippen LogP contribution is -2.07. The Morgan fingerprint density at radius 3 is 2.03 bits per heavy atom. The van der Waals surface area contributed by atoms with E-state index in [1.54, 1.807) is 12.1 Å². The van der Waals surface area contributed by atoms with E-state index >= 15 is 0 Å². The summed E-state index contributed by atoms with van der Waals surface area (Å²) in [6.07, 6.45) is 4.32. The molecule has 2 rings (SSSR count). The summed E-state index contributed by atoms with van der Waals surface area (Å²) in [4.78, 5) is 11.8. The zero-order valence-electron chi connectivity index (χ0n) is 21.8. The average molecular weight is 481 g/mol. The second-order valence-electron chi connectivity index (χ2n) is 6.64. The SMILES string of the molecule is C=S(C)(=O)OCCCc1ccc(OCc2ccccc2C(=O)OC)cc1.CC.CC.CCC. The normalized spacial score (nSPS) is 11.2. The third-order valence-corrected chi connectivity index (χ3v) is 4.35. The molecule has 0 aliphatic heterocycles. The van der Waals surface area contributed by atoms with E-state index in [-0.39, 0.29) is 12.6 Å². The number of hydrogen-bond donors (Lipinski definition) is 0. The van der Waals surface area contributed by atoms with E-state index in [4.69, 9.17) is 13.7 Å². The number of methoxy groups -OCH3 is 1. The minimum absolute atomic E-state index is 0.285. The fourth-order valence-corrected chi connectivity index (χ4v) is 2.85. The Balaban J connectivity index is 0. The summed E-state index contributed by atoms with van der Waals surface area (Å²) in [5.41, 5.74) is 2.42. The number of carbonyl (C=O) groups is 1. The lowest BCUT2D eigenvalue weighted by molar-refractivity contribution is 0.0597. The predicted molar refractivity (Wildman–Crippen MR) is 143 cm³/mol. The van der Waals surface area contributed by atoms with Gasteiger partial charge in [0, 0.05) is 11.8 Å². The summed E-state index contributed by atoms with van der Waals surface area (Å²) in [6.45, 7) is 13.0. The summed E-state index contributed by atoms with van der Waals surface area (Å²) >= 11 is 0. The fourth-order valence-electron chi connectivity index (χ4n) is 2.38. The minimum atomic E-state index is -2.38. The third kappa shape index (κ3) is 16.0. The minimum Gasteiger partial charge on any atom is -0.489 e. The molecule has 0 amide bonds. The Labute approximate surface area is 202 Å². The zero-order valence-corrected chi connectivity index (χ0v) is 22.6. The predicted octanol–water partition coefficient (Wildman–Crippen LogP) is 6.73. The summed E-state index contributed by atoms with van der Waals surface area (Å²) in [6, 6.07) is 15.0. The van der Waals surface area contributed by atoms with Gasteiger partial charge in [-0.25, -0.2) is 9.00 Å². The van der Waals surface area contributed by atoms with E-state index in [1.807, 2.05) is 64.1 Å².